The Kier molecular flexibility index (Phi) is 6.41. The van der Waals surface area contributed by atoms with Crippen molar-refractivity contribution in [3.63, 3.8) is 0 Å². The van der Waals surface area contributed by atoms with E-state index < -0.39 is 22.0 Å². The van der Waals surface area contributed by atoms with E-state index in [1.54, 1.807) is 32.0 Å². The number of amides is 1. The summed E-state index contributed by atoms with van der Waals surface area (Å²) < 4.78 is 32.1. The van der Waals surface area contributed by atoms with Gasteiger partial charge in [0.25, 0.3) is 0 Å². The van der Waals surface area contributed by atoms with Gasteiger partial charge in [0.2, 0.25) is 15.9 Å². The molecule has 1 aliphatic rings. The van der Waals surface area contributed by atoms with Gasteiger partial charge in [0.05, 0.1) is 12.0 Å². The van der Waals surface area contributed by atoms with E-state index in [1.807, 2.05) is 6.92 Å². The van der Waals surface area contributed by atoms with E-state index in [2.05, 4.69) is 0 Å². The Morgan fingerprint density at radius 3 is 2.31 bits per heavy atom. The van der Waals surface area contributed by atoms with Crippen LogP contribution in [0.4, 0.5) is 0 Å². The molecule has 1 amide bonds. The van der Waals surface area contributed by atoms with Crippen LogP contribution in [-0.4, -0.2) is 61.8 Å². The number of hydrogen-bond donors (Lipinski definition) is 0. The van der Waals surface area contributed by atoms with Crippen molar-refractivity contribution in [2.45, 2.75) is 44.2 Å². The number of hydrogen-bond acceptors (Lipinski definition) is 5. The van der Waals surface area contributed by atoms with Crippen molar-refractivity contribution in [1.82, 2.24) is 9.21 Å². The Bertz CT molecular complexity index is 748. The molecule has 0 bridgehead atoms. The molecule has 1 heterocycles. The van der Waals surface area contributed by atoms with Crippen molar-refractivity contribution < 1.29 is 22.7 Å². The van der Waals surface area contributed by atoms with Crippen LogP contribution in [0.5, 0.6) is 0 Å². The minimum Gasteiger partial charge on any atom is -0.467 e. The van der Waals surface area contributed by atoms with Crippen LogP contribution >= 0.6 is 0 Å². The molecule has 0 aromatic heterocycles. The fourth-order valence-corrected chi connectivity index (χ4v) is 4.66. The quantitative estimate of drug-likeness (QED) is 0.721. The topological polar surface area (TPSA) is 84.0 Å². The average Bonchev–Trinajstić information content (AvgIpc) is 2.66. The van der Waals surface area contributed by atoms with Crippen LogP contribution in [0.3, 0.4) is 0 Å². The van der Waals surface area contributed by atoms with Crippen molar-refractivity contribution in [2.75, 3.05) is 20.2 Å². The molecule has 1 fully saturated rings. The SMILES string of the molecule is CC[C@@H]1CN(S(=O)(=O)c2ccccc2)C[C@H](C(=O)OC)N1C(=O)C(C)C. The molecule has 8 heteroatoms. The van der Waals surface area contributed by atoms with Crippen molar-refractivity contribution in [3.05, 3.63) is 30.3 Å². The Labute approximate surface area is 155 Å². The molecule has 0 spiro atoms. The first kappa shape index (κ1) is 20.4. The largest absolute Gasteiger partial charge is 0.467 e. The number of piperazine rings is 1. The summed E-state index contributed by atoms with van der Waals surface area (Å²) in [6.07, 6.45) is 0.534. The van der Waals surface area contributed by atoms with E-state index in [4.69, 9.17) is 4.74 Å². The number of sulfonamides is 1. The van der Waals surface area contributed by atoms with Gasteiger partial charge in [-0.15, -0.1) is 0 Å². The molecule has 26 heavy (non-hydrogen) atoms. The monoisotopic (exact) mass is 382 g/mol. The molecule has 1 saturated heterocycles. The number of esters is 1. The van der Waals surface area contributed by atoms with E-state index >= 15 is 0 Å². The molecule has 0 aliphatic carbocycles. The average molecular weight is 382 g/mol. The number of carbonyl (C=O) groups is 2. The van der Waals surface area contributed by atoms with Crippen LogP contribution in [0, 0.1) is 5.92 Å². The summed E-state index contributed by atoms with van der Waals surface area (Å²) in [6.45, 7) is 5.43. The predicted octanol–water partition coefficient (Wildman–Crippen LogP) is 1.50. The molecular weight excluding hydrogens is 356 g/mol. The second-order valence-electron chi connectivity index (χ2n) is 6.64. The lowest BCUT2D eigenvalue weighted by atomic mass is 10.0. The first-order valence-corrected chi connectivity index (χ1v) is 10.1. The number of carbonyl (C=O) groups excluding carboxylic acids is 2. The third-order valence-corrected chi connectivity index (χ3v) is 6.44. The van der Waals surface area contributed by atoms with Gasteiger partial charge in [-0.05, 0) is 18.6 Å². The Morgan fingerprint density at radius 2 is 1.81 bits per heavy atom. The van der Waals surface area contributed by atoms with Gasteiger partial charge in [-0.1, -0.05) is 39.0 Å². The fourth-order valence-electron chi connectivity index (χ4n) is 3.15. The molecule has 0 N–H and O–H groups in total. The van der Waals surface area contributed by atoms with Gasteiger partial charge in [-0.2, -0.15) is 4.31 Å². The van der Waals surface area contributed by atoms with Crippen LogP contribution in [0.1, 0.15) is 27.2 Å². The smallest absolute Gasteiger partial charge is 0.329 e. The highest BCUT2D eigenvalue weighted by Gasteiger charge is 2.45. The summed E-state index contributed by atoms with van der Waals surface area (Å²) in [6, 6.07) is 6.75. The van der Waals surface area contributed by atoms with Gasteiger partial charge in [-0.3, -0.25) is 4.79 Å². The molecule has 0 saturated carbocycles. The Morgan fingerprint density at radius 1 is 1.19 bits per heavy atom. The van der Waals surface area contributed by atoms with Crippen LogP contribution in [0.2, 0.25) is 0 Å². The molecule has 1 aromatic rings. The summed E-state index contributed by atoms with van der Waals surface area (Å²) in [4.78, 5) is 26.7. The Balaban J connectivity index is 2.42. The highest BCUT2D eigenvalue weighted by atomic mass is 32.2. The first-order valence-electron chi connectivity index (χ1n) is 8.69. The standard InChI is InChI=1S/C18H26N2O5S/c1-5-14-11-19(26(23,24)15-9-7-6-8-10-15)12-16(18(22)25-4)20(14)17(21)13(2)3/h6-10,13-14,16H,5,11-12H2,1-4H3/t14-,16-/m1/s1. The number of methoxy groups -OCH3 is 1. The molecule has 1 aromatic carbocycles. The summed E-state index contributed by atoms with van der Waals surface area (Å²) >= 11 is 0. The van der Waals surface area contributed by atoms with E-state index in [-0.39, 0.29) is 35.9 Å². The third kappa shape index (κ3) is 3.91. The zero-order valence-electron chi connectivity index (χ0n) is 15.6. The van der Waals surface area contributed by atoms with Crippen LogP contribution in [-0.2, 0) is 24.3 Å². The minimum atomic E-state index is -3.76. The van der Waals surface area contributed by atoms with Crippen molar-refractivity contribution in [2.24, 2.45) is 5.92 Å². The fraction of sp³-hybridized carbons (Fsp3) is 0.556. The molecular formula is C18H26N2O5S. The normalized spacial score (nSPS) is 21.7. The molecule has 2 rings (SSSR count). The molecule has 1 aliphatic heterocycles. The number of nitrogens with zero attached hydrogens (tertiary/aromatic N) is 2. The first-order chi connectivity index (χ1) is 12.2. The number of rotatable bonds is 5. The van der Waals surface area contributed by atoms with Gasteiger partial charge >= 0.3 is 5.97 Å². The van der Waals surface area contributed by atoms with E-state index in [9.17, 15) is 18.0 Å². The summed E-state index contributed by atoms with van der Waals surface area (Å²) in [5.74, 6) is -1.08. The zero-order valence-corrected chi connectivity index (χ0v) is 16.4. The van der Waals surface area contributed by atoms with Crippen molar-refractivity contribution in [1.29, 1.82) is 0 Å². The number of benzene rings is 1. The van der Waals surface area contributed by atoms with Gasteiger partial charge in [0, 0.05) is 25.0 Å². The molecule has 2 atom stereocenters. The van der Waals surface area contributed by atoms with Crippen molar-refractivity contribution >= 4 is 21.9 Å². The van der Waals surface area contributed by atoms with Crippen LogP contribution in [0.25, 0.3) is 0 Å². The minimum absolute atomic E-state index is 0.112. The lowest BCUT2D eigenvalue weighted by Gasteiger charge is -2.45. The number of ether oxygens (including phenoxy) is 1. The van der Waals surface area contributed by atoms with Crippen LogP contribution < -0.4 is 0 Å². The lowest BCUT2D eigenvalue weighted by molar-refractivity contribution is -0.159. The van der Waals surface area contributed by atoms with E-state index in [1.165, 1.54) is 28.4 Å². The van der Waals surface area contributed by atoms with Gasteiger partial charge in [0.15, 0.2) is 0 Å². The molecule has 144 valence electrons. The van der Waals surface area contributed by atoms with Crippen molar-refractivity contribution in [3.8, 4) is 0 Å². The van der Waals surface area contributed by atoms with Gasteiger partial charge < -0.3 is 9.64 Å². The summed E-state index contributed by atoms with van der Waals surface area (Å²) in [5.41, 5.74) is 0. The van der Waals surface area contributed by atoms with Crippen LogP contribution in [0.15, 0.2) is 35.2 Å². The maximum atomic E-state index is 13.0. The highest BCUT2D eigenvalue weighted by molar-refractivity contribution is 7.89. The third-order valence-electron chi connectivity index (χ3n) is 4.59. The van der Waals surface area contributed by atoms with E-state index in [0.29, 0.717) is 6.42 Å². The van der Waals surface area contributed by atoms with E-state index in [0.717, 1.165) is 0 Å². The second kappa shape index (κ2) is 8.18. The van der Waals surface area contributed by atoms with Gasteiger partial charge in [0.1, 0.15) is 6.04 Å². The molecule has 0 unspecified atom stereocenters. The summed E-state index contributed by atoms with van der Waals surface area (Å²) in [7, 11) is -2.52. The van der Waals surface area contributed by atoms with Gasteiger partial charge in [-0.25, -0.2) is 13.2 Å². The predicted molar refractivity (Wildman–Crippen MR) is 96.8 cm³/mol. The highest BCUT2D eigenvalue weighted by Crippen LogP contribution is 2.26. The molecule has 0 radical (unpaired) electrons. The zero-order chi connectivity index (χ0) is 19.5. The second-order valence-corrected chi connectivity index (χ2v) is 8.57. The molecule has 7 nitrogen and oxygen atoms in total. The maximum Gasteiger partial charge on any atom is 0.329 e. The lowest BCUT2D eigenvalue weighted by Crippen LogP contribution is -2.64. The summed E-state index contributed by atoms with van der Waals surface area (Å²) in [5, 5.41) is 0. The Hall–Kier alpha value is -1.93. The maximum absolute atomic E-state index is 13.0.